The van der Waals surface area contributed by atoms with Crippen LogP contribution in [0.5, 0.6) is 0 Å². The molecule has 236 valence electrons. The molecule has 0 aliphatic rings. The van der Waals surface area contributed by atoms with Crippen molar-refractivity contribution >= 4 is 7.82 Å². The lowest BCUT2D eigenvalue weighted by Crippen LogP contribution is -2.35. The van der Waals surface area contributed by atoms with Gasteiger partial charge in [0.05, 0.1) is 0 Å². The summed E-state index contributed by atoms with van der Waals surface area (Å²) in [6.45, 7) is 5.76. The Kier molecular flexibility index (Phi) is 9.40. The second-order valence-electron chi connectivity index (χ2n) is 12.0. The molecule has 6 aromatic rings. The quantitative estimate of drug-likeness (QED) is 0.125. The molecule has 0 aliphatic heterocycles. The van der Waals surface area contributed by atoms with Crippen molar-refractivity contribution in [3.63, 3.8) is 0 Å². The van der Waals surface area contributed by atoms with Crippen LogP contribution in [0.25, 0.3) is 0 Å². The molecule has 0 unspecified atom stereocenters. The minimum Gasteiger partial charge on any atom is -0.271 e. The summed E-state index contributed by atoms with van der Waals surface area (Å²) in [5, 5.41) is 0. The van der Waals surface area contributed by atoms with Gasteiger partial charge >= 0.3 is 7.82 Å². The van der Waals surface area contributed by atoms with Gasteiger partial charge in [-0.15, -0.1) is 0 Å². The Morgan fingerprint density at radius 3 is 0.617 bits per heavy atom. The van der Waals surface area contributed by atoms with E-state index < -0.39 is 24.6 Å². The van der Waals surface area contributed by atoms with E-state index in [1.165, 1.54) is 0 Å². The Balaban J connectivity index is 1.58. The summed E-state index contributed by atoms with van der Waals surface area (Å²) in [6, 6.07) is 58.7. The molecule has 0 bridgehead atoms. The maximum Gasteiger partial charge on any atom is 0.478 e. The molecule has 0 fully saturated rings. The van der Waals surface area contributed by atoms with Crippen molar-refractivity contribution in [3.8, 4) is 0 Å². The van der Waals surface area contributed by atoms with Crippen LogP contribution in [-0.4, -0.2) is 0 Å². The Labute approximate surface area is 278 Å². The molecule has 0 saturated heterocycles. The summed E-state index contributed by atoms with van der Waals surface area (Å²) in [7, 11) is -4.58. The zero-order valence-electron chi connectivity index (χ0n) is 26.9. The Morgan fingerprint density at radius 1 is 0.319 bits per heavy atom. The molecule has 0 radical (unpaired) electrons. The van der Waals surface area contributed by atoms with E-state index in [1.807, 2.05) is 203 Å². The van der Waals surface area contributed by atoms with E-state index in [-0.39, 0.29) is 0 Å². The van der Waals surface area contributed by atoms with Gasteiger partial charge < -0.3 is 0 Å². The first kappa shape index (κ1) is 32.4. The van der Waals surface area contributed by atoms with Gasteiger partial charge in [0, 0.05) is 0 Å². The standard InChI is InChI=1S/C42H39O4P/c1-40(34-22-10-4-11-23-34,35-24-12-5-13-25-35)44-47(43,45-41(2,36-26-14-6-15-27-36)37-28-16-7-17-29-37)46-42(3,38-30-18-8-19-31-38)39-32-20-9-21-33-39/h4-33H,1-3H3. The predicted octanol–water partition coefficient (Wildman–Crippen LogP) is 11.0. The van der Waals surface area contributed by atoms with Gasteiger partial charge in [-0.3, -0.25) is 13.6 Å². The Bertz CT molecular complexity index is 1550. The highest BCUT2D eigenvalue weighted by atomic mass is 31.2. The number of hydrogen-bond acceptors (Lipinski definition) is 4. The summed E-state index contributed by atoms with van der Waals surface area (Å²) >= 11 is 0. The molecule has 5 heteroatoms. The number of hydrogen-bond donors (Lipinski definition) is 0. The van der Waals surface area contributed by atoms with E-state index in [4.69, 9.17) is 13.6 Å². The minimum absolute atomic E-state index is 0.806. The number of phosphoric acid groups is 1. The summed E-state index contributed by atoms with van der Waals surface area (Å²) in [6.07, 6.45) is 0. The fourth-order valence-corrected chi connectivity index (χ4v) is 8.17. The molecule has 4 nitrogen and oxygen atoms in total. The van der Waals surface area contributed by atoms with Crippen molar-refractivity contribution < 1.29 is 18.1 Å². The van der Waals surface area contributed by atoms with E-state index >= 15 is 4.57 Å². The molecular formula is C42H39O4P. The summed E-state index contributed by atoms with van der Waals surface area (Å²) in [5.41, 5.74) is 1.17. The van der Waals surface area contributed by atoms with E-state index in [9.17, 15) is 0 Å². The largest absolute Gasteiger partial charge is 0.478 e. The van der Waals surface area contributed by atoms with Crippen LogP contribution in [0.15, 0.2) is 182 Å². The maximum absolute atomic E-state index is 16.0. The first-order chi connectivity index (χ1) is 22.8. The summed E-state index contributed by atoms with van der Waals surface area (Å²) in [5.74, 6) is 0. The van der Waals surface area contributed by atoms with Crippen LogP contribution in [0.2, 0.25) is 0 Å². The average molecular weight is 639 g/mol. The average Bonchev–Trinajstić information content (AvgIpc) is 3.13. The fourth-order valence-electron chi connectivity index (χ4n) is 6.08. The topological polar surface area (TPSA) is 44.8 Å². The summed E-state index contributed by atoms with van der Waals surface area (Å²) < 4.78 is 37.0. The Morgan fingerprint density at radius 2 is 0.468 bits per heavy atom. The second-order valence-corrected chi connectivity index (χ2v) is 13.5. The van der Waals surface area contributed by atoms with Crippen molar-refractivity contribution in [2.45, 2.75) is 37.6 Å². The third kappa shape index (κ3) is 6.79. The van der Waals surface area contributed by atoms with Crippen LogP contribution >= 0.6 is 7.82 Å². The number of benzene rings is 6. The SMILES string of the molecule is CC(OP(=O)(OC(C)(c1ccccc1)c1ccccc1)OC(C)(c1ccccc1)c1ccccc1)(c1ccccc1)c1ccccc1. The first-order valence-electron chi connectivity index (χ1n) is 15.8. The van der Waals surface area contributed by atoms with E-state index in [1.54, 1.807) is 0 Å². The molecular weight excluding hydrogens is 599 g/mol. The normalized spacial score (nSPS) is 12.5. The van der Waals surface area contributed by atoms with Gasteiger partial charge in [0.2, 0.25) is 0 Å². The van der Waals surface area contributed by atoms with Crippen LogP contribution in [0.4, 0.5) is 0 Å². The highest BCUT2D eigenvalue weighted by Gasteiger charge is 2.50. The van der Waals surface area contributed by atoms with Gasteiger partial charge in [-0.25, -0.2) is 4.57 Å². The van der Waals surface area contributed by atoms with Crippen LogP contribution in [0.3, 0.4) is 0 Å². The summed E-state index contributed by atoms with van der Waals surface area (Å²) in [4.78, 5) is 0. The molecule has 0 amide bonds. The molecule has 0 saturated carbocycles. The zero-order valence-corrected chi connectivity index (χ0v) is 27.8. The number of phosphoric ester groups is 1. The monoisotopic (exact) mass is 638 g/mol. The Hall–Kier alpha value is -4.57. The van der Waals surface area contributed by atoms with Crippen LogP contribution in [-0.2, 0) is 34.9 Å². The molecule has 0 heterocycles. The maximum atomic E-state index is 16.0. The molecule has 0 N–H and O–H groups in total. The first-order valence-corrected chi connectivity index (χ1v) is 17.3. The van der Waals surface area contributed by atoms with Gasteiger partial charge in [-0.1, -0.05) is 182 Å². The molecule has 0 spiro atoms. The number of rotatable bonds is 12. The third-order valence-corrected chi connectivity index (χ3v) is 10.6. The van der Waals surface area contributed by atoms with Crippen LogP contribution in [0.1, 0.15) is 54.2 Å². The van der Waals surface area contributed by atoms with Gasteiger partial charge in [0.25, 0.3) is 0 Å². The van der Waals surface area contributed by atoms with Crippen LogP contribution in [0, 0.1) is 0 Å². The van der Waals surface area contributed by atoms with Gasteiger partial charge in [-0.05, 0) is 54.2 Å². The van der Waals surface area contributed by atoms with Gasteiger partial charge in [-0.2, -0.15) is 0 Å². The predicted molar refractivity (Wildman–Crippen MR) is 189 cm³/mol. The fraction of sp³-hybridized carbons (Fsp3) is 0.143. The second kappa shape index (κ2) is 13.7. The van der Waals surface area contributed by atoms with Crippen molar-refractivity contribution in [2.24, 2.45) is 0 Å². The molecule has 6 rings (SSSR count). The van der Waals surface area contributed by atoms with E-state index in [0.29, 0.717) is 0 Å². The zero-order chi connectivity index (χ0) is 32.8. The van der Waals surface area contributed by atoms with Gasteiger partial charge in [0.15, 0.2) is 0 Å². The molecule has 0 atom stereocenters. The van der Waals surface area contributed by atoms with Crippen molar-refractivity contribution in [2.75, 3.05) is 0 Å². The van der Waals surface area contributed by atoms with Crippen molar-refractivity contribution in [3.05, 3.63) is 215 Å². The minimum atomic E-state index is -4.58. The van der Waals surface area contributed by atoms with E-state index in [0.717, 1.165) is 33.4 Å². The molecule has 0 aromatic heterocycles. The highest BCUT2D eigenvalue weighted by Crippen LogP contribution is 2.64. The lowest BCUT2D eigenvalue weighted by molar-refractivity contribution is -0.0290. The smallest absolute Gasteiger partial charge is 0.271 e. The lowest BCUT2D eigenvalue weighted by Gasteiger charge is -2.42. The highest BCUT2D eigenvalue weighted by molar-refractivity contribution is 7.48. The molecule has 6 aromatic carbocycles. The van der Waals surface area contributed by atoms with Gasteiger partial charge in [0.1, 0.15) is 16.8 Å². The molecule has 47 heavy (non-hydrogen) atoms. The van der Waals surface area contributed by atoms with E-state index in [2.05, 4.69) is 0 Å². The third-order valence-electron chi connectivity index (χ3n) is 8.83. The molecule has 0 aliphatic carbocycles. The van der Waals surface area contributed by atoms with Crippen molar-refractivity contribution in [1.29, 1.82) is 0 Å². The lowest BCUT2D eigenvalue weighted by atomic mass is 9.88. The van der Waals surface area contributed by atoms with Crippen LogP contribution < -0.4 is 0 Å². The van der Waals surface area contributed by atoms with Crippen molar-refractivity contribution in [1.82, 2.24) is 0 Å².